The lowest BCUT2D eigenvalue weighted by Crippen LogP contribution is -2.40. The lowest BCUT2D eigenvalue weighted by molar-refractivity contribution is -0.137. The van der Waals surface area contributed by atoms with Gasteiger partial charge in [0, 0.05) is 12.2 Å². The molecule has 6 nitrogen and oxygen atoms in total. The van der Waals surface area contributed by atoms with Crippen LogP contribution < -0.4 is 4.72 Å². The molecule has 1 aromatic rings. The number of carbonyl (C=O) groups is 1. The Hall–Kier alpha value is -1.54. The highest BCUT2D eigenvalue weighted by Crippen LogP contribution is 2.13. The summed E-state index contributed by atoms with van der Waals surface area (Å²) in [5.41, 5.74) is 0. The van der Waals surface area contributed by atoms with Crippen molar-refractivity contribution in [3.63, 3.8) is 0 Å². The van der Waals surface area contributed by atoms with Crippen LogP contribution in [0.15, 0.2) is 23.4 Å². The fraction of sp³-hybridized carbons (Fsp3) is 0.455. The van der Waals surface area contributed by atoms with Crippen molar-refractivity contribution in [2.45, 2.75) is 31.2 Å². The molecule has 0 spiro atoms. The summed E-state index contributed by atoms with van der Waals surface area (Å²) in [4.78, 5) is 13.8. The Kier molecular flexibility index (Phi) is 4.96. The third-order valence-electron chi connectivity index (χ3n) is 2.50. The number of carboxylic acids is 1. The Morgan fingerprint density at radius 2 is 2.11 bits per heavy atom. The fourth-order valence-electron chi connectivity index (χ4n) is 1.41. The monoisotopic (exact) mass is 290 g/mol. The van der Waals surface area contributed by atoms with Crippen molar-refractivity contribution in [3.8, 4) is 0 Å². The van der Waals surface area contributed by atoms with Gasteiger partial charge in [-0.15, -0.1) is 0 Å². The van der Waals surface area contributed by atoms with E-state index in [1.165, 1.54) is 0 Å². The van der Waals surface area contributed by atoms with Crippen LogP contribution in [0.25, 0.3) is 0 Å². The molecular weight excluding hydrogens is 275 g/mol. The van der Waals surface area contributed by atoms with E-state index in [-0.39, 0.29) is 17.2 Å². The fourth-order valence-corrected chi connectivity index (χ4v) is 2.77. The molecule has 0 radical (unpaired) electrons. The molecule has 8 heteroatoms. The number of sulfonamides is 1. The molecule has 19 heavy (non-hydrogen) atoms. The van der Waals surface area contributed by atoms with E-state index in [0.717, 1.165) is 18.5 Å². The summed E-state index contributed by atoms with van der Waals surface area (Å²) in [6.45, 7) is 3.39. The summed E-state index contributed by atoms with van der Waals surface area (Å²) >= 11 is 0. The van der Waals surface area contributed by atoms with Gasteiger partial charge in [-0.2, -0.15) is 0 Å². The molecule has 0 amide bonds. The average Bonchev–Trinajstić information content (AvgIpc) is 2.27. The minimum Gasteiger partial charge on any atom is -0.481 e. The van der Waals surface area contributed by atoms with Crippen LogP contribution in [0.1, 0.15) is 20.3 Å². The summed E-state index contributed by atoms with van der Waals surface area (Å²) in [5, 5.41) is 8.74. The number of nitrogens with zero attached hydrogens (tertiary/aromatic N) is 1. The van der Waals surface area contributed by atoms with Crippen molar-refractivity contribution in [1.29, 1.82) is 0 Å². The number of hydrogen-bond acceptors (Lipinski definition) is 4. The Bertz CT molecular complexity index is 560. The van der Waals surface area contributed by atoms with Crippen molar-refractivity contribution in [2.24, 2.45) is 5.92 Å². The smallest absolute Gasteiger partial charge is 0.304 e. The molecule has 0 aliphatic rings. The van der Waals surface area contributed by atoms with E-state index < -0.39 is 27.9 Å². The van der Waals surface area contributed by atoms with Crippen molar-refractivity contribution >= 4 is 16.0 Å². The van der Waals surface area contributed by atoms with Crippen LogP contribution in [0.2, 0.25) is 0 Å². The molecule has 1 aromatic heterocycles. The molecule has 0 aromatic carbocycles. The third-order valence-corrected chi connectivity index (χ3v) is 3.95. The quantitative estimate of drug-likeness (QED) is 0.814. The molecule has 1 unspecified atom stereocenters. The topological polar surface area (TPSA) is 96.4 Å². The second kappa shape index (κ2) is 6.07. The van der Waals surface area contributed by atoms with Crippen molar-refractivity contribution in [3.05, 3.63) is 24.3 Å². The van der Waals surface area contributed by atoms with Gasteiger partial charge in [-0.1, -0.05) is 13.8 Å². The molecule has 0 saturated carbocycles. The van der Waals surface area contributed by atoms with Gasteiger partial charge in [0.15, 0.2) is 0 Å². The third kappa shape index (κ3) is 4.56. The normalized spacial score (nSPS) is 13.5. The summed E-state index contributed by atoms with van der Waals surface area (Å²) in [6, 6.07) is 0.0544. The van der Waals surface area contributed by atoms with E-state index >= 15 is 0 Å². The average molecular weight is 290 g/mol. The highest BCUT2D eigenvalue weighted by Gasteiger charge is 2.25. The number of carboxylic acid groups (broad SMARTS) is 1. The zero-order chi connectivity index (χ0) is 14.6. The number of rotatable bonds is 6. The molecule has 0 aliphatic heterocycles. The van der Waals surface area contributed by atoms with Crippen molar-refractivity contribution in [1.82, 2.24) is 9.71 Å². The van der Waals surface area contributed by atoms with Gasteiger partial charge >= 0.3 is 5.97 Å². The highest BCUT2D eigenvalue weighted by molar-refractivity contribution is 7.89. The number of halogens is 1. The van der Waals surface area contributed by atoms with Gasteiger partial charge < -0.3 is 5.11 Å². The Balaban J connectivity index is 2.97. The van der Waals surface area contributed by atoms with Crippen LogP contribution in [-0.4, -0.2) is 30.5 Å². The molecule has 0 fully saturated rings. The summed E-state index contributed by atoms with van der Waals surface area (Å²) in [5.74, 6) is -2.10. The number of nitrogens with one attached hydrogen (secondary N) is 1. The number of hydrogen-bond donors (Lipinski definition) is 2. The first-order chi connectivity index (χ1) is 8.72. The van der Waals surface area contributed by atoms with Gasteiger partial charge in [0.25, 0.3) is 0 Å². The van der Waals surface area contributed by atoms with Crippen LogP contribution in [0.3, 0.4) is 0 Å². The Labute approximate surface area is 110 Å². The van der Waals surface area contributed by atoms with E-state index in [2.05, 4.69) is 9.71 Å². The van der Waals surface area contributed by atoms with Gasteiger partial charge in [0.1, 0.15) is 10.7 Å². The zero-order valence-corrected chi connectivity index (χ0v) is 11.3. The first-order valence-corrected chi connectivity index (χ1v) is 7.05. The van der Waals surface area contributed by atoms with Crippen molar-refractivity contribution < 1.29 is 22.7 Å². The van der Waals surface area contributed by atoms with Gasteiger partial charge in [-0.25, -0.2) is 17.5 Å². The SMILES string of the molecule is CC(C)C(CC(=O)O)NS(=O)(=O)c1cncc(F)c1. The highest BCUT2D eigenvalue weighted by atomic mass is 32.2. The predicted octanol–water partition coefficient (Wildman–Crippen LogP) is 0.998. The molecule has 0 saturated heterocycles. The number of pyridine rings is 1. The molecule has 1 heterocycles. The molecule has 1 rings (SSSR count). The first kappa shape index (κ1) is 15.5. The standard InChI is InChI=1S/C11H15FN2O4S/c1-7(2)10(4-11(15)16)14-19(17,18)9-3-8(12)5-13-6-9/h3,5-7,10,14H,4H2,1-2H3,(H,15,16). The minimum atomic E-state index is -3.99. The van der Waals surface area contributed by atoms with E-state index in [1.807, 2.05) is 0 Å². The lowest BCUT2D eigenvalue weighted by Gasteiger charge is -2.20. The molecule has 1 atom stereocenters. The largest absolute Gasteiger partial charge is 0.481 e. The van der Waals surface area contributed by atoms with E-state index in [9.17, 15) is 17.6 Å². The summed E-state index contributed by atoms with van der Waals surface area (Å²) in [6.07, 6.45) is 1.54. The van der Waals surface area contributed by atoms with Crippen LogP contribution >= 0.6 is 0 Å². The molecule has 2 N–H and O–H groups in total. The van der Waals surface area contributed by atoms with Crippen LogP contribution in [0, 0.1) is 11.7 Å². The summed E-state index contributed by atoms with van der Waals surface area (Å²) < 4.78 is 39.1. The Morgan fingerprint density at radius 3 is 2.58 bits per heavy atom. The van der Waals surface area contributed by atoms with E-state index in [0.29, 0.717) is 0 Å². The minimum absolute atomic E-state index is 0.215. The van der Waals surface area contributed by atoms with Gasteiger partial charge in [0.2, 0.25) is 10.0 Å². The van der Waals surface area contributed by atoms with Crippen LogP contribution in [0.4, 0.5) is 4.39 Å². The number of aromatic nitrogens is 1. The molecular formula is C11H15FN2O4S. The summed E-state index contributed by atoms with van der Waals surface area (Å²) in [7, 11) is -3.99. The second-order valence-corrected chi connectivity index (χ2v) is 6.12. The molecule has 106 valence electrons. The zero-order valence-electron chi connectivity index (χ0n) is 10.5. The molecule has 0 bridgehead atoms. The second-order valence-electron chi connectivity index (χ2n) is 4.41. The maximum atomic E-state index is 13.0. The van der Waals surface area contributed by atoms with Crippen LogP contribution in [0.5, 0.6) is 0 Å². The van der Waals surface area contributed by atoms with Gasteiger partial charge in [-0.05, 0) is 12.0 Å². The Morgan fingerprint density at radius 1 is 1.47 bits per heavy atom. The maximum absolute atomic E-state index is 13.0. The van der Waals surface area contributed by atoms with Gasteiger partial charge in [0.05, 0.1) is 12.6 Å². The lowest BCUT2D eigenvalue weighted by atomic mass is 10.0. The predicted molar refractivity (Wildman–Crippen MR) is 65.4 cm³/mol. The van der Waals surface area contributed by atoms with Crippen LogP contribution in [-0.2, 0) is 14.8 Å². The van der Waals surface area contributed by atoms with Gasteiger partial charge in [-0.3, -0.25) is 9.78 Å². The van der Waals surface area contributed by atoms with E-state index in [1.54, 1.807) is 13.8 Å². The number of aliphatic carboxylic acids is 1. The maximum Gasteiger partial charge on any atom is 0.304 e. The molecule has 0 aliphatic carbocycles. The first-order valence-electron chi connectivity index (χ1n) is 5.57. The van der Waals surface area contributed by atoms with Crippen molar-refractivity contribution in [2.75, 3.05) is 0 Å². The van der Waals surface area contributed by atoms with E-state index in [4.69, 9.17) is 5.11 Å².